The van der Waals surface area contributed by atoms with Crippen LogP contribution in [0.5, 0.6) is 0 Å². The number of piperazine rings is 1. The van der Waals surface area contributed by atoms with Crippen LogP contribution in [0.4, 0.5) is 0 Å². The van der Waals surface area contributed by atoms with Crippen LogP contribution in [0.2, 0.25) is 0 Å². The molecular formula is C13H25N3O. The van der Waals surface area contributed by atoms with E-state index in [0.29, 0.717) is 11.9 Å². The third kappa shape index (κ3) is 2.33. The van der Waals surface area contributed by atoms with Crippen molar-refractivity contribution in [3.8, 4) is 0 Å². The zero-order chi connectivity index (χ0) is 12.5. The molecule has 4 heteroatoms. The van der Waals surface area contributed by atoms with Crippen LogP contribution in [0.15, 0.2) is 0 Å². The van der Waals surface area contributed by atoms with E-state index in [4.69, 9.17) is 0 Å². The number of amides is 1. The minimum atomic E-state index is -0.121. The molecule has 17 heavy (non-hydrogen) atoms. The van der Waals surface area contributed by atoms with Crippen molar-refractivity contribution in [3.63, 3.8) is 0 Å². The molecule has 2 saturated heterocycles. The van der Waals surface area contributed by atoms with Crippen molar-refractivity contribution in [2.75, 3.05) is 39.8 Å². The highest BCUT2D eigenvalue weighted by Crippen LogP contribution is 2.32. The van der Waals surface area contributed by atoms with E-state index in [1.807, 2.05) is 0 Å². The monoisotopic (exact) mass is 239 g/mol. The van der Waals surface area contributed by atoms with Crippen molar-refractivity contribution in [3.05, 3.63) is 0 Å². The molecule has 0 radical (unpaired) electrons. The van der Waals surface area contributed by atoms with Gasteiger partial charge in [0.15, 0.2) is 0 Å². The first-order chi connectivity index (χ1) is 8.09. The predicted octanol–water partition coefficient (Wildman–Crippen LogP) is 0.539. The lowest BCUT2D eigenvalue weighted by atomic mass is 9.82. The highest BCUT2D eigenvalue weighted by Gasteiger charge is 2.43. The van der Waals surface area contributed by atoms with Gasteiger partial charge in [-0.15, -0.1) is 0 Å². The third-order valence-corrected chi connectivity index (χ3v) is 4.47. The van der Waals surface area contributed by atoms with E-state index in [9.17, 15) is 4.79 Å². The van der Waals surface area contributed by atoms with E-state index >= 15 is 0 Å². The van der Waals surface area contributed by atoms with Crippen molar-refractivity contribution in [2.45, 2.75) is 32.7 Å². The van der Waals surface area contributed by atoms with Crippen molar-refractivity contribution in [2.24, 2.45) is 5.41 Å². The first kappa shape index (κ1) is 12.8. The second-order valence-electron chi connectivity index (χ2n) is 5.67. The number of carbonyl (C=O) groups excluding carboxylic acids is 1. The average molecular weight is 239 g/mol. The number of nitrogens with zero attached hydrogens (tertiary/aromatic N) is 2. The zero-order valence-corrected chi connectivity index (χ0v) is 11.3. The molecule has 0 saturated carbocycles. The minimum absolute atomic E-state index is 0.121. The summed E-state index contributed by atoms with van der Waals surface area (Å²) in [5.74, 6) is 0.380. The van der Waals surface area contributed by atoms with E-state index in [-0.39, 0.29) is 5.41 Å². The predicted molar refractivity (Wildman–Crippen MR) is 68.9 cm³/mol. The summed E-state index contributed by atoms with van der Waals surface area (Å²) in [5, 5.41) is 3.35. The lowest BCUT2D eigenvalue weighted by Crippen LogP contribution is -2.57. The molecule has 0 bridgehead atoms. The second-order valence-corrected chi connectivity index (χ2v) is 5.67. The normalized spacial score (nSPS) is 35.2. The summed E-state index contributed by atoms with van der Waals surface area (Å²) >= 11 is 0. The summed E-state index contributed by atoms with van der Waals surface area (Å²) in [7, 11) is 2.13. The SMILES string of the molecule is CCC1(C(=O)N2CCN(C)CC2C)CCNC1. The van der Waals surface area contributed by atoms with Gasteiger partial charge in [0.05, 0.1) is 5.41 Å². The molecule has 0 aromatic heterocycles. The first-order valence-electron chi connectivity index (χ1n) is 6.79. The number of likely N-dealkylation sites (N-methyl/N-ethyl adjacent to an activating group) is 1. The van der Waals surface area contributed by atoms with Crippen LogP contribution in [-0.2, 0) is 4.79 Å². The standard InChI is InChI=1S/C13H25N3O/c1-4-13(5-6-14-10-13)12(17)16-8-7-15(3)9-11(16)2/h11,14H,4-10H2,1-3H3. The first-order valence-corrected chi connectivity index (χ1v) is 6.79. The number of hydrogen-bond donors (Lipinski definition) is 1. The van der Waals surface area contributed by atoms with Crippen molar-refractivity contribution < 1.29 is 4.79 Å². The minimum Gasteiger partial charge on any atom is -0.337 e. The molecule has 2 heterocycles. The zero-order valence-electron chi connectivity index (χ0n) is 11.3. The van der Waals surface area contributed by atoms with E-state index in [0.717, 1.165) is 45.6 Å². The third-order valence-electron chi connectivity index (χ3n) is 4.47. The molecule has 2 aliphatic heterocycles. The van der Waals surface area contributed by atoms with Gasteiger partial charge in [0.2, 0.25) is 5.91 Å². The Morgan fingerprint density at radius 3 is 2.76 bits per heavy atom. The van der Waals surface area contributed by atoms with Gasteiger partial charge in [-0.3, -0.25) is 4.79 Å². The lowest BCUT2D eigenvalue weighted by Gasteiger charge is -2.42. The maximum absolute atomic E-state index is 12.7. The fraction of sp³-hybridized carbons (Fsp3) is 0.923. The summed E-state index contributed by atoms with van der Waals surface area (Å²) in [4.78, 5) is 17.2. The van der Waals surface area contributed by atoms with Gasteiger partial charge in [0.25, 0.3) is 0 Å². The van der Waals surface area contributed by atoms with E-state index in [1.165, 1.54) is 0 Å². The van der Waals surface area contributed by atoms with Crippen LogP contribution in [-0.4, -0.2) is 61.5 Å². The van der Waals surface area contributed by atoms with Gasteiger partial charge in [-0.2, -0.15) is 0 Å². The molecule has 2 unspecified atom stereocenters. The highest BCUT2D eigenvalue weighted by molar-refractivity contribution is 5.83. The summed E-state index contributed by atoms with van der Waals surface area (Å²) in [6.45, 7) is 9.05. The van der Waals surface area contributed by atoms with Crippen LogP contribution in [0, 0.1) is 5.41 Å². The molecular weight excluding hydrogens is 214 g/mol. The molecule has 0 spiro atoms. The van der Waals surface area contributed by atoms with Gasteiger partial charge in [-0.25, -0.2) is 0 Å². The van der Waals surface area contributed by atoms with Gasteiger partial charge in [0.1, 0.15) is 0 Å². The van der Waals surface area contributed by atoms with Crippen LogP contribution in [0.25, 0.3) is 0 Å². The van der Waals surface area contributed by atoms with E-state index in [1.54, 1.807) is 0 Å². The van der Waals surface area contributed by atoms with Crippen molar-refractivity contribution in [1.82, 2.24) is 15.1 Å². The van der Waals surface area contributed by atoms with Gasteiger partial charge < -0.3 is 15.1 Å². The molecule has 1 amide bonds. The second kappa shape index (κ2) is 4.94. The quantitative estimate of drug-likeness (QED) is 0.764. The Hall–Kier alpha value is -0.610. The number of hydrogen-bond acceptors (Lipinski definition) is 3. The Labute approximate surface area is 104 Å². The molecule has 0 aromatic carbocycles. The van der Waals surface area contributed by atoms with Crippen molar-refractivity contribution in [1.29, 1.82) is 0 Å². The molecule has 2 aliphatic rings. The molecule has 2 fully saturated rings. The summed E-state index contributed by atoms with van der Waals surface area (Å²) in [6, 6.07) is 0.352. The van der Waals surface area contributed by atoms with Gasteiger partial charge in [-0.05, 0) is 33.4 Å². The van der Waals surface area contributed by atoms with Crippen LogP contribution >= 0.6 is 0 Å². The highest BCUT2D eigenvalue weighted by atomic mass is 16.2. The summed E-state index contributed by atoms with van der Waals surface area (Å²) in [5.41, 5.74) is -0.121. The number of rotatable bonds is 2. The molecule has 4 nitrogen and oxygen atoms in total. The summed E-state index contributed by atoms with van der Waals surface area (Å²) < 4.78 is 0. The molecule has 2 rings (SSSR count). The molecule has 0 aliphatic carbocycles. The van der Waals surface area contributed by atoms with Crippen LogP contribution < -0.4 is 5.32 Å². The van der Waals surface area contributed by atoms with Gasteiger partial charge in [-0.1, -0.05) is 6.92 Å². The van der Waals surface area contributed by atoms with Gasteiger partial charge >= 0.3 is 0 Å². The Balaban J connectivity index is 2.08. The van der Waals surface area contributed by atoms with Gasteiger partial charge in [0, 0.05) is 32.2 Å². The topological polar surface area (TPSA) is 35.6 Å². The Bertz CT molecular complexity index is 286. The van der Waals surface area contributed by atoms with E-state index in [2.05, 4.69) is 36.0 Å². The van der Waals surface area contributed by atoms with Crippen LogP contribution in [0.1, 0.15) is 26.7 Å². The Morgan fingerprint density at radius 1 is 1.47 bits per heavy atom. The largest absolute Gasteiger partial charge is 0.337 e. The lowest BCUT2D eigenvalue weighted by molar-refractivity contribution is -0.145. The smallest absolute Gasteiger partial charge is 0.230 e. The summed E-state index contributed by atoms with van der Waals surface area (Å²) in [6.07, 6.45) is 1.96. The Morgan fingerprint density at radius 2 is 2.24 bits per heavy atom. The average Bonchev–Trinajstić information content (AvgIpc) is 2.78. The maximum Gasteiger partial charge on any atom is 0.230 e. The molecule has 2 atom stereocenters. The van der Waals surface area contributed by atoms with E-state index < -0.39 is 0 Å². The molecule has 0 aromatic rings. The molecule has 98 valence electrons. The van der Waals surface area contributed by atoms with Crippen LogP contribution in [0.3, 0.4) is 0 Å². The number of nitrogens with one attached hydrogen (secondary N) is 1. The maximum atomic E-state index is 12.7. The number of carbonyl (C=O) groups is 1. The fourth-order valence-electron chi connectivity index (χ4n) is 3.13. The van der Waals surface area contributed by atoms with Crippen molar-refractivity contribution >= 4 is 5.91 Å². The fourth-order valence-corrected chi connectivity index (χ4v) is 3.13. The molecule has 1 N–H and O–H groups in total. The Kier molecular flexibility index (Phi) is 3.73.